The Labute approximate surface area is 267 Å². The fourth-order valence-electron chi connectivity index (χ4n) is 13.5. The molecule has 0 unspecified atom stereocenters. The van der Waals surface area contributed by atoms with Crippen LogP contribution in [0.25, 0.3) is 0 Å². The van der Waals surface area contributed by atoms with Gasteiger partial charge in [-0.1, -0.05) is 65.8 Å². The predicted molar refractivity (Wildman–Crippen MR) is 168 cm³/mol. The lowest BCUT2D eigenvalue weighted by Gasteiger charge is -2.72. The molecule has 0 spiro atoms. The van der Waals surface area contributed by atoms with Crippen molar-refractivity contribution in [2.24, 2.45) is 50.7 Å². The summed E-state index contributed by atoms with van der Waals surface area (Å²) in [4.78, 5) is 0. The van der Waals surface area contributed by atoms with Gasteiger partial charge in [0.05, 0.1) is 36.2 Å². The van der Waals surface area contributed by atoms with Crippen molar-refractivity contribution < 1.29 is 17.9 Å². The number of ether oxygens (including phenoxy) is 1. The largest absolute Gasteiger partial charge is 0.416 e. The first-order valence-corrected chi connectivity index (χ1v) is 17.7. The summed E-state index contributed by atoms with van der Waals surface area (Å²) in [5.74, 6) is 2.56. The number of hydrogen-bond donors (Lipinski definition) is 0. The molecule has 8 rings (SSSR count). The summed E-state index contributed by atoms with van der Waals surface area (Å²) >= 11 is 0. The Morgan fingerprint density at radius 1 is 0.844 bits per heavy atom. The summed E-state index contributed by atoms with van der Waals surface area (Å²) in [6, 6.07) is 5.53. The van der Waals surface area contributed by atoms with E-state index >= 15 is 0 Å². The van der Waals surface area contributed by atoms with Gasteiger partial charge in [0.25, 0.3) is 0 Å². The van der Waals surface area contributed by atoms with Crippen molar-refractivity contribution in [2.75, 3.05) is 6.61 Å². The molecule has 246 valence electrons. The zero-order valence-electron chi connectivity index (χ0n) is 28.4. The molecule has 1 aliphatic heterocycles. The molecule has 0 N–H and O–H groups in total. The van der Waals surface area contributed by atoms with Crippen LogP contribution in [0.2, 0.25) is 0 Å². The molecule has 45 heavy (non-hydrogen) atoms. The highest BCUT2D eigenvalue weighted by Gasteiger charge is 2.73. The van der Waals surface area contributed by atoms with Crippen LogP contribution in [-0.2, 0) is 29.3 Å². The minimum absolute atomic E-state index is 0.128. The molecule has 6 aliphatic rings. The molecule has 0 radical (unpaired) electrons. The molecule has 1 aromatic carbocycles. The van der Waals surface area contributed by atoms with Crippen LogP contribution in [0.1, 0.15) is 122 Å². The van der Waals surface area contributed by atoms with Gasteiger partial charge in [-0.15, -0.1) is 5.10 Å². The number of hydrogen-bond acceptors (Lipinski definition) is 3. The molecule has 0 amide bonds. The number of rotatable bonds is 2. The van der Waals surface area contributed by atoms with Crippen LogP contribution in [-0.4, -0.2) is 27.7 Å². The van der Waals surface area contributed by atoms with Gasteiger partial charge in [0, 0.05) is 5.41 Å². The van der Waals surface area contributed by atoms with Crippen molar-refractivity contribution in [1.29, 1.82) is 0 Å². The average molecular weight is 624 g/mol. The predicted octanol–water partition coefficient (Wildman–Crippen LogP) is 9.25. The van der Waals surface area contributed by atoms with E-state index in [-0.39, 0.29) is 21.7 Å². The van der Waals surface area contributed by atoms with Crippen LogP contribution in [0.4, 0.5) is 13.2 Å². The van der Waals surface area contributed by atoms with Crippen LogP contribution in [0.3, 0.4) is 0 Å². The molecule has 4 saturated carbocycles. The average Bonchev–Trinajstić information content (AvgIpc) is 3.51. The van der Waals surface area contributed by atoms with Gasteiger partial charge in [0.15, 0.2) is 0 Å². The lowest BCUT2D eigenvalue weighted by atomic mass is 9.31. The van der Waals surface area contributed by atoms with E-state index in [2.05, 4.69) is 53.7 Å². The Kier molecular flexibility index (Phi) is 6.20. The van der Waals surface area contributed by atoms with E-state index in [9.17, 15) is 13.2 Å². The van der Waals surface area contributed by atoms with Crippen molar-refractivity contribution in [3.05, 3.63) is 46.8 Å². The third-order valence-corrected chi connectivity index (χ3v) is 15.8. The Morgan fingerprint density at radius 2 is 1.56 bits per heavy atom. The van der Waals surface area contributed by atoms with Crippen molar-refractivity contribution in [2.45, 2.75) is 130 Å². The zero-order valence-corrected chi connectivity index (χ0v) is 28.4. The monoisotopic (exact) mass is 623 g/mol. The highest BCUT2D eigenvalue weighted by molar-refractivity contribution is 5.33. The van der Waals surface area contributed by atoms with Gasteiger partial charge in [0.2, 0.25) is 0 Å². The lowest BCUT2D eigenvalue weighted by molar-refractivity contribution is -0.233. The minimum Gasteiger partial charge on any atom is -0.377 e. The number of nitrogens with zero attached hydrogens (tertiary/aromatic N) is 3. The number of halogens is 3. The first-order chi connectivity index (χ1) is 21.0. The maximum atomic E-state index is 13.2. The zero-order chi connectivity index (χ0) is 32.0. The van der Waals surface area contributed by atoms with Crippen molar-refractivity contribution in [3.8, 4) is 0 Å². The molecule has 4 nitrogen and oxygen atoms in total. The van der Waals surface area contributed by atoms with E-state index in [1.165, 1.54) is 69.2 Å². The first kappa shape index (κ1) is 30.4. The van der Waals surface area contributed by atoms with Gasteiger partial charge in [-0.25, -0.2) is 4.68 Å². The number of fused-ring (bicyclic) bond motifs is 6. The molecular formula is C38H52F3N3O. The SMILES string of the molecule is CC1(C)CC[C@]23CC[C@]4(C)[C@H](CC[C@@H]5[C@@]6(C)Cc7nnn(Cc8ccc(C(F)(F)F)cc8)c7C(C)(C)[C@@H]6CC[C@]54C)[C@H]2[C@H]1OC3. The van der Waals surface area contributed by atoms with Crippen LogP contribution in [0, 0.1) is 50.7 Å². The second-order valence-corrected chi connectivity index (χ2v) is 18.4. The molecule has 2 aromatic rings. The molecule has 2 bridgehead atoms. The normalized spacial score (nSPS) is 44.3. The first-order valence-electron chi connectivity index (χ1n) is 17.7. The Balaban J connectivity index is 1.12. The maximum Gasteiger partial charge on any atom is 0.416 e. The molecule has 9 atom stereocenters. The second kappa shape index (κ2) is 9.17. The summed E-state index contributed by atoms with van der Waals surface area (Å²) in [5.41, 5.74) is 3.74. The molecule has 5 fully saturated rings. The fourth-order valence-corrected chi connectivity index (χ4v) is 13.5. The van der Waals surface area contributed by atoms with Gasteiger partial charge < -0.3 is 4.74 Å². The molecular weight excluding hydrogens is 571 g/mol. The van der Waals surface area contributed by atoms with Gasteiger partial charge in [-0.3, -0.25) is 0 Å². The topological polar surface area (TPSA) is 39.9 Å². The van der Waals surface area contributed by atoms with E-state index in [1.807, 2.05) is 4.68 Å². The fraction of sp³-hybridized carbons (Fsp3) is 0.789. The summed E-state index contributed by atoms with van der Waals surface area (Å²) < 4.78 is 48.3. The van der Waals surface area contributed by atoms with Crippen LogP contribution in [0.5, 0.6) is 0 Å². The van der Waals surface area contributed by atoms with E-state index in [0.29, 0.717) is 41.2 Å². The summed E-state index contributed by atoms with van der Waals surface area (Å²) in [6.45, 7) is 19.1. The third-order valence-electron chi connectivity index (χ3n) is 15.8. The standard InChI is InChI=1S/C38H52F3N3O/c1-32(2)16-18-37-19-17-35(6)25(29(37)31(32)45-22-37)12-13-28-34(5)20-26-30(33(3,4)27(34)14-15-36(28,35)7)44(43-42-26)21-23-8-10-24(11-9-23)38(39,40)41/h8-11,25,27-29,31H,12-22H2,1-7H3/t25-,27+,28-,29+,31-,34+,35-,36-,37-/m1/s1. The van der Waals surface area contributed by atoms with E-state index in [0.717, 1.165) is 30.2 Å². The maximum absolute atomic E-state index is 13.2. The van der Waals surface area contributed by atoms with E-state index in [1.54, 1.807) is 12.1 Å². The Bertz CT molecular complexity index is 1510. The summed E-state index contributed by atoms with van der Waals surface area (Å²) in [7, 11) is 0. The summed E-state index contributed by atoms with van der Waals surface area (Å²) in [5, 5.41) is 9.48. The lowest BCUT2D eigenvalue weighted by Crippen LogP contribution is -2.67. The molecule has 5 aliphatic carbocycles. The number of benzene rings is 1. The Hall–Kier alpha value is -1.89. The highest BCUT2D eigenvalue weighted by Crippen LogP contribution is 2.77. The third kappa shape index (κ3) is 3.88. The van der Waals surface area contributed by atoms with Gasteiger partial charge >= 0.3 is 6.18 Å². The smallest absolute Gasteiger partial charge is 0.377 e. The van der Waals surface area contributed by atoms with Gasteiger partial charge in [-0.2, -0.15) is 13.2 Å². The number of aromatic nitrogens is 3. The quantitative estimate of drug-likeness (QED) is 0.335. The second-order valence-electron chi connectivity index (χ2n) is 18.4. The molecule has 2 heterocycles. The van der Waals surface area contributed by atoms with Crippen LogP contribution in [0.15, 0.2) is 24.3 Å². The van der Waals surface area contributed by atoms with E-state index in [4.69, 9.17) is 9.84 Å². The van der Waals surface area contributed by atoms with Crippen molar-refractivity contribution >= 4 is 0 Å². The Morgan fingerprint density at radius 3 is 2.27 bits per heavy atom. The van der Waals surface area contributed by atoms with Gasteiger partial charge in [0.1, 0.15) is 0 Å². The van der Waals surface area contributed by atoms with Gasteiger partial charge in [-0.05, 0) is 126 Å². The molecule has 1 saturated heterocycles. The number of alkyl halides is 3. The van der Waals surface area contributed by atoms with Crippen molar-refractivity contribution in [3.63, 3.8) is 0 Å². The summed E-state index contributed by atoms with van der Waals surface area (Å²) in [6.07, 6.45) is 7.37. The molecule has 7 heteroatoms. The molecule has 1 aromatic heterocycles. The highest BCUT2D eigenvalue weighted by atomic mass is 19.4. The van der Waals surface area contributed by atoms with Crippen LogP contribution < -0.4 is 0 Å². The van der Waals surface area contributed by atoms with E-state index < -0.39 is 11.7 Å². The minimum atomic E-state index is -4.33. The van der Waals surface area contributed by atoms with Crippen molar-refractivity contribution in [1.82, 2.24) is 15.0 Å². The van der Waals surface area contributed by atoms with Crippen LogP contribution >= 0.6 is 0 Å².